The van der Waals surface area contributed by atoms with Gasteiger partial charge in [-0.1, -0.05) is 0 Å². The number of aromatic nitrogens is 1. The van der Waals surface area contributed by atoms with E-state index in [1.165, 1.54) is 12.1 Å². The van der Waals surface area contributed by atoms with Crippen molar-refractivity contribution in [2.24, 2.45) is 5.92 Å². The highest BCUT2D eigenvalue weighted by molar-refractivity contribution is 5.43. The predicted octanol–water partition coefficient (Wildman–Crippen LogP) is 2.77. The lowest BCUT2D eigenvalue weighted by molar-refractivity contribution is -0.385. The van der Waals surface area contributed by atoms with Crippen LogP contribution in [0.1, 0.15) is 12.8 Å². The van der Waals surface area contributed by atoms with Crippen molar-refractivity contribution in [2.45, 2.75) is 19.0 Å². The summed E-state index contributed by atoms with van der Waals surface area (Å²) in [7, 11) is 0. The molecule has 1 aromatic heterocycles. The minimum Gasteiger partial charge on any atom is -0.357 e. The number of halogens is 3. The van der Waals surface area contributed by atoms with E-state index in [0.717, 1.165) is 6.20 Å². The molecule has 0 aliphatic carbocycles. The second kappa shape index (κ2) is 5.02. The van der Waals surface area contributed by atoms with Gasteiger partial charge >= 0.3 is 6.18 Å². The molecule has 2 heterocycles. The summed E-state index contributed by atoms with van der Waals surface area (Å²) in [6.45, 7) is 0.518. The Morgan fingerprint density at radius 2 is 1.95 bits per heavy atom. The van der Waals surface area contributed by atoms with Gasteiger partial charge in [-0.3, -0.25) is 10.1 Å². The Labute approximate surface area is 107 Å². The number of nitro groups is 1. The fraction of sp³-hybridized carbons (Fsp3) is 0.545. The molecule has 1 fully saturated rings. The summed E-state index contributed by atoms with van der Waals surface area (Å²) in [5, 5.41) is 10.5. The van der Waals surface area contributed by atoms with Gasteiger partial charge in [-0.05, 0) is 18.9 Å². The van der Waals surface area contributed by atoms with Crippen molar-refractivity contribution in [3.63, 3.8) is 0 Å². The van der Waals surface area contributed by atoms with Crippen LogP contribution in [0.25, 0.3) is 0 Å². The van der Waals surface area contributed by atoms with Crippen LogP contribution in [-0.2, 0) is 0 Å². The molecule has 0 amide bonds. The SMILES string of the molecule is O=[N+]([O-])c1ccc(N2CCC(C(F)(F)F)CC2)nc1. The van der Waals surface area contributed by atoms with Gasteiger partial charge in [0, 0.05) is 19.2 Å². The summed E-state index contributed by atoms with van der Waals surface area (Å²) < 4.78 is 37.5. The van der Waals surface area contributed by atoms with Gasteiger partial charge < -0.3 is 4.90 Å². The maximum absolute atomic E-state index is 12.5. The fourth-order valence-electron chi connectivity index (χ4n) is 2.11. The molecule has 0 atom stereocenters. The molecule has 1 aliphatic rings. The number of hydrogen-bond acceptors (Lipinski definition) is 4. The standard InChI is InChI=1S/C11H12F3N3O2/c12-11(13,14)8-3-5-16(6-4-8)10-2-1-9(7-15-10)17(18)19/h1-2,7-8H,3-6H2. The molecule has 0 saturated carbocycles. The van der Waals surface area contributed by atoms with Crippen molar-refractivity contribution in [2.75, 3.05) is 18.0 Å². The second-order valence-corrected chi connectivity index (χ2v) is 4.43. The molecule has 0 unspecified atom stereocenters. The Morgan fingerprint density at radius 3 is 2.37 bits per heavy atom. The van der Waals surface area contributed by atoms with Crippen LogP contribution in [0.15, 0.2) is 18.3 Å². The number of piperidine rings is 1. The quantitative estimate of drug-likeness (QED) is 0.615. The molecule has 2 rings (SSSR count). The molecule has 1 aliphatic heterocycles. The lowest BCUT2D eigenvalue weighted by atomic mass is 9.96. The van der Waals surface area contributed by atoms with E-state index in [9.17, 15) is 23.3 Å². The molecule has 1 aromatic rings. The van der Waals surface area contributed by atoms with Gasteiger partial charge in [-0.25, -0.2) is 4.98 Å². The van der Waals surface area contributed by atoms with Gasteiger partial charge in [0.05, 0.1) is 10.8 Å². The van der Waals surface area contributed by atoms with Crippen molar-refractivity contribution in [1.29, 1.82) is 0 Å². The zero-order chi connectivity index (χ0) is 14.0. The average molecular weight is 275 g/mol. The van der Waals surface area contributed by atoms with Gasteiger partial charge in [0.1, 0.15) is 12.0 Å². The number of anilines is 1. The maximum atomic E-state index is 12.5. The van der Waals surface area contributed by atoms with Crippen LogP contribution < -0.4 is 4.90 Å². The summed E-state index contributed by atoms with van der Waals surface area (Å²) >= 11 is 0. The zero-order valence-corrected chi connectivity index (χ0v) is 9.93. The third kappa shape index (κ3) is 3.12. The van der Waals surface area contributed by atoms with Gasteiger partial charge in [-0.15, -0.1) is 0 Å². The molecule has 0 aromatic carbocycles. The third-order valence-corrected chi connectivity index (χ3v) is 3.22. The molecule has 0 N–H and O–H groups in total. The minimum atomic E-state index is -4.14. The molecule has 19 heavy (non-hydrogen) atoms. The first-order valence-electron chi connectivity index (χ1n) is 5.80. The molecule has 0 bridgehead atoms. The second-order valence-electron chi connectivity index (χ2n) is 4.43. The Hall–Kier alpha value is -1.86. The van der Waals surface area contributed by atoms with Crippen molar-refractivity contribution in [1.82, 2.24) is 4.98 Å². The number of pyridine rings is 1. The Morgan fingerprint density at radius 1 is 1.32 bits per heavy atom. The molecule has 5 nitrogen and oxygen atoms in total. The van der Waals surface area contributed by atoms with E-state index in [4.69, 9.17) is 0 Å². The third-order valence-electron chi connectivity index (χ3n) is 3.22. The van der Waals surface area contributed by atoms with E-state index >= 15 is 0 Å². The highest BCUT2D eigenvalue weighted by atomic mass is 19.4. The molecule has 104 valence electrons. The van der Waals surface area contributed by atoms with Crippen molar-refractivity contribution >= 4 is 11.5 Å². The average Bonchev–Trinajstić information content (AvgIpc) is 2.38. The summed E-state index contributed by atoms with van der Waals surface area (Å²) in [6.07, 6.45) is -2.97. The van der Waals surface area contributed by atoms with E-state index in [0.29, 0.717) is 5.82 Å². The first-order valence-corrected chi connectivity index (χ1v) is 5.80. The van der Waals surface area contributed by atoms with E-state index in [1.807, 2.05) is 0 Å². The van der Waals surface area contributed by atoms with E-state index in [1.54, 1.807) is 4.90 Å². The van der Waals surface area contributed by atoms with Crippen molar-refractivity contribution in [3.8, 4) is 0 Å². The Balaban J connectivity index is 2.00. The van der Waals surface area contributed by atoms with Crippen LogP contribution >= 0.6 is 0 Å². The summed E-state index contributed by atoms with van der Waals surface area (Å²) in [4.78, 5) is 15.5. The Kier molecular flexibility index (Phi) is 3.59. The lowest BCUT2D eigenvalue weighted by Crippen LogP contribution is -2.39. The summed E-state index contributed by atoms with van der Waals surface area (Å²) in [5.41, 5.74) is -0.131. The fourth-order valence-corrected chi connectivity index (χ4v) is 2.11. The number of nitrogens with zero attached hydrogens (tertiary/aromatic N) is 3. The molecule has 0 radical (unpaired) electrons. The predicted molar refractivity (Wildman–Crippen MR) is 61.9 cm³/mol. The highest BCUT2D eigenvalue weighted by Crippen LogP contribution is 2.35. The van der Waals surface area contributed by atoms with E-state index < -0.39 is 17.0 Å². The number of alkyl halides is 3. The van der Waals surface area contributed by atoms with Crippen LogP contribution in [0, 0.1) is 16.0 Å². The van der Waals surface area contributed by atoms with Crippen LogP contribution in [0.2, 0.25) is 0 Å². The molecule has 1 saturated heterocycles. The Bertz CT molecular complexity index is 453. The topological polar surface area (TPSA) is 59.3 Å². The smallest absolute Gasteiger partial charge is 0.357 e. The van der Waals surface area contributed by atoms with Crippen molar-refractivity contribution in [3.05, 3.63) is 28.4 Å². The van der Waals surface area contributed by atoms with E-state index in [-0.39, 0.29) is 31.6 Å². The highest BCUT2D eigenvalue weighted by Gasteiger charge is 2.41. The molecule has 0 spiro atoms. The minimum absolute atomic E-state index is 0.0299. The molecular weight excluding hydrogens is 263 g/mol. The maximum Gasteiger partial charge on any atom is 0.391 e. The first kappa shape index (κ1) is 13.6. The lowest BCUT2D eigenvalue weighted by Gasteiger charge is -2.33. The van der Waals surface area contributed by atoms with E-state index in [2.05, 4.69) is 4.98 Å². The first-order chi connectivity index (χ1) is 8.88. The molecule has 8 heteroatoms. The largest absolute Gasteiger partial charge is 0.391 e. The van der Waals surface area contributed by atoms with Crippen LogP contribution in [-0.4, -0.2) is 29.2 Å². The number of hydrogen-bond donors (Lipinski definition) is 0. The van der Waals surface area contributed by atoms with Gasteiger partial charge in [-0.2, -0.15) is 13.2 Å². The van der Waals surface area contributed by atoms with Gasteiger partial charge in [0.15, 0.2) is 0 Å². The van der Waals surface area contributed by atoms with Gasteiger partial charge in [0.25, 0.3) is 5.69 Å². The normalized spacial score (nSPS) is 17.5. The van der Waals surface area contributed by atoms with Crippen molar-refractivity contribution < 1.29 is 18.1 Å². The number of rotatable bonds is 2. The monoisotopic (exact) mass is 275 g/mol. The summed E-state index contributed by atoms with van der Waals surface area (Å²) in [6, 6.07) is 2.77. The van der Waals surface area contributed by atoms with Crippen LogP contribution in [0.5, 0.6) is 0 Å². The van der Waals surface area contributed by atoms with Gasteiger partial charge in [0.2, 0.25) is 0 Å². The van der Waals surface area contributed by atoms with Crippen LogP contribution in [0.4, 0.5) is 24.7 Å². The molecular formula is C11H12F3N3O2. The zero-order valence-electron chi connectivity index (χ0n) is 9.93. The van der Waals surface area contributed by atoms with Crippen LogP contribution in [0.3, 0.4) is 0 Å². The summed E-state index contributed by atoms with van der Waals surface area (Å²) in [5.74, 6) is -0.784.